The number of anilines is 1. The van der Waals surface area contributed by atoms with Crippen LogP contribution in [0.15, 0.2) is 18.2 Å². The van der Waals surface area contributed by atoms with E-state index in [-0.39, 0.29) is 29.7 Å². The molecule has 0 aliphatic carbocycles. The number of carbonyl (C=O) groups is 3. The molecule has 1 aliphatic rings. The zero-order valence-corrected chi connectivity index (χ0v) is 12.1. The molecule has 8 heteroatoms. The van der Waals surface area contributed by atoms with Crippen LogP contribution in [0.3, 0.4) is 0 Å². The zero-order valence-electron chi connectivity index (χ0n) is 11.3. The van der Waals surface area contributed by atoms with E-state index in [1.165, 1.54) is 42.0 Å². The second kappa shape index (κ2) is 6.49. The normalized spacial score (nSPS) is 14.1. The Kier molecular flexibility index (Phi) is 4.69. The number of thioether (sulfide) groups is 1. The first kappa shape index (κ1) is 15.2. The van der Waals surface area contributed by atoms with Gasteiger partial charge in [0.2, 0.25) is 11.8 Å². The highest BCUT2D eigenvalue weighted by Crippen LogP contribution is 2.23. The van der Waals surface area contributed by atoms with Gasteiger partial charge in [-0.2, -0.15) is 0 Å². The van der Waals surface area contributed by atoms with Crippen LogP contribution in [0.25, 0.3) is 0 Å². The van der Waals surface area contributed by atoms with Crippen molar-refractivity contribution in [2.75, 3.05) is 30.6 Å². The molecule has 0 spiro atoms. The van der Waals surface area contributed by atoms with Gasteiger partial charge >= 0.3 is 5.97 Å². The van der Waals surface area contributed by atoms with Crippen LogP contribution in [0.1, 0.15) is 10.4 Å². The van der Waals surface area contributed by atoms with Crippen molar-refractivity contribution in [3.05, 3.63) is 23.8 Å². The maximum Gasteiger partial charge on any atom is 0.339 e. The van der Waals surface area contributed by atoms with Gasteiger partial charge in [-0.3, -0.25) is 9.59 Å². The van der Waals surface area contributed by atoms with Gasteiger partial charge < -0.3 is 20.1 Å². The van der Waals surface area contributed by atoms with Crippen molar-refractivity contribution in [3.8, 4) is 5.75 Å². The molecule has 1 heterocycles. The van der Waals surface area contributed by atoms with Crippen molar-refractivity contribution in [3.63, 3.8) is 0 Å². The van der Waals surface area contributed by atoms with Gasteiger partial charge in [-0.15, -0.1) is 11.8 Å². The van der Waals surface area contributed by atoms with E-state index < -0.39 is 5.97 Å². The van der Waals surface area contributed by atoms with E-state index in [9.17, 15) is 14.4 Å². The minimum Gasteiger partial charge on any atom is -0.496 e. The Morgan fingerprint density at radius 2 is 2.24 bits per heavy atom. The van der Waals surface area contributed by atoms with Crippen LogP contribution in [0.5, 0.6) is 5.75 Å². The van der Waals surface area contributed by atoms with Gasteiger partial charge in [0, 0.05) is 11.8 Å². The Morgan fingerprint density at radius 3 is 2.81 bits per heavy atom. The molecule has 2 rings (SSSR count). The van der Waals surface area contributed by atoms with E-state index in [1.807, 2.05) is 0 Å². The molecule has 2 N–H and O–H groups in total. The molecular weight excluding hydrogens is 296 g/mol. The monoisotopic (exact) mass is 310 g/mol. The second-order valence-electron chi connectivity index (χ2n) is 4.34. The number of hydrogen-bond acceptors (Lipinski definition) is 5. The Bertz CT molecular complexity index is 590. The number of aromatic carboxylic acids is 1. The summed E-state index contributed by atoms with van der Waals surface area (Å²) in [4.78, 5) is 35.7. The summed E-state index contributed by atoms with van der Waals surface area (Å²) < 4.78 is 4.98. The molecule has 2 amide bonds. The third kappa shape index (κ3) is 3.66. The van der Waals surface area contributed by atoms with Crippen LogP contribution in [0.4, 0.5) is 5.69 Å². The predicted octanol–water partition coefficient (Wildman–Crippen LogP) is 0.865. The van der Waals surface area contributed by atoms with Crippen molar-refractivity contribution in [2.24, 2.45) is 0 Å². The smallest absolute Gasteiger partial charge is 0.339 e. The first-order chi connectivity index (χ1) is 10.0. The van der Waals surface area contributed by atoms with Gasteiger partial charge in [-0.05, 0) is 12.1 Å². The Labute approximate surface area is 125 Å². The molecule has 112 valence electrons. The molecular formula is C13H14N2O5S. The minimum absolute atomic E-state index is 0.0154. The van der Waals surface area contributed by atoms with E-state index >= 15 is 0 Å². The van der Waals surface area contributed by atoms with E-state index in [0.29, 0.717) is 17.3 Å². The zero-order chi connectivity index (χ0) is 15.4. The average molecular weight is 310 g/mol. The molecule has 0 atom stereocenters. The lowest BCUT2D eigenvalue weighted by molar-refractivity contribution is -0.130. The summed E-state index contributed by atoms with van der Waals surface area (Å²) in [6, 6.07) is 4.26. The van der Waals surface area contributed by atoms with E-state index in [2.05, 4.69) is 5.32 Å². The van der Waals surface area contributed by atoms with Crippen LogP contribution < -0.4 is 10.1 Å². The SMILES string of the molecule is COc1cc(NC(=O)CN2CSCC2=O)ccc1C(=O)O. The number of carbonyl (C=O) groups excluding carboxylic acids is 2. The quantitative estimate of drug-likeness (QED) is 0.837. The molecule has 1 aromatic rings. The first-order valence-corrected chi connectivity index (χ1v) is 7.23. The standard InChI is InChI=1S/C13H14N2O5S/c1-20-10-4-8(2-3-9(10)13(18)19)14-11(16)5-15-7-21-6-12(15)17/h2-4H,5-7H2,1H3,(H,14,16)(H,18,19). The van der Waals surface area contributed by atoms with Crippen molar-refractivity contribution in [1.29, 1.82) is 0 Å². The summed E-state index contributed by atoms with van der Waals surface area (Å²) in [6.07, 6.45) is 0. The van der Waals surface area contributed by atoms with Crippen molar-refractivity contribution in [1.82, 2.24) is 4.90 Å². The van der Waals surface area contributed by atoms with Gasteiger partial charge in [0.25, 0.3) is 0 Å². The summed E-state index contributed by atoms with van der Waals surface area (Å²) in [5.74, 6) is -0.440. The number of hydrogen-bond donors (Lipinski definition) is 2. The third-order valence-electron chi connectivity index (χ3n) is 2.88. The Balaban J connectivity index is 2.03. The van der Waals surface area contributed by atoms with Crippen LogP contribution in [0, 0.1) is 0 Å². The molecule has 1 saturated heterocycles. The number of methoxy groups -OCH3 is 1. The Hall–Kier alpha value is -2.22. The number of carboxylic acid groups (broad SMARTS) is 1. The van der Waals surface area contributed by atoms with E-state index in [0.717, 1.165) is 0 Å². The molecule has 21 heavy (non-hydrogen) atoms. The molecule has 1 aliphatic heterocycles. The fourth-order valence-corrected chi connectivity index (χ4v) is 2.76. The summed E-state index contributed by atoms with van der Waals surface area (Å²) in [5, 5.41) is 11.6. The minimum atomic E-state index is -1.11. The maximum atomic E-state index is 11.9. The number of ether oxygens (including phenoxy) is 1. The number of amides is 2. The second-order valence-corrected chi connectivity index (χ2v) is 5.29. The van der Waals surface area contributed by atoms with E-state index in [4.69, 9.17) is 9.84 Å². The lowest BCUT2D eigenvalue weighted by atomic mass is 10.2. The van der Waals surface area contributed by atoms with Crippen LogP contribution in [0.2, 0.25) is 0 Å². The molecule has 1 aromatic carbocycles. The van der Waals surface area contributed by atoms with Gasteiger partial charge in [-0.25, -0.2) is 4.79 Å². The molecule has 1 fully saturated rings. The number of carboxylic acids is 1. The maximum absolute atomic E-state index is 11.9. The van der Waals surface area contributed by atoms with Crippen molar-refractivity contribution < 1.29 is 24.2 Å². The number of benzene rings is 1. The molecule has 0 saturated carbocycles. The van der Waals surface area contributed by atoms with Crippen LogP contribution >= 0.6 is 11.8 Å². The molecule has 0 aromatic heterocycles. The highest BCUT2D eigenvalue weighted by molar-refractivity contribution is 8.00. The van der Waals surface area contributed by atoms with E-state index in [1.54, 1.807) is 0 Å². The molecule has 0 bridgehead atoms. The summed E-state index contributed by atoms with van der Waals surface area (Å²) in [7, 11) is 1.35. The largest absolute Gasteiger partial charge is 0.496 e. The topological polar surface area (TPSA) is 95.9 Å². The lowest BCUT2D eigenvalue weighted by Gasteiger charge is -2.14. The van der Waals surface area contributed by atoms with Crippen LogP contribution in [-0.2, 0) is 9.59 Å². The van der Waals surface area contributed by atoms with Gasteiger partial charge in [0.15, 0.2) is 0 Å². The third-order valence-corrected chi connectivity index (χ3v) is 3.82. The highest BCUT2D eigenvalue weighted by atomic mass is 32.2. The highest BCUT2D eigenvalue weighted by Gasteiger charge is 2.23. The van der Waals surface area contributed by atoms with Crippen LogP contribution in [-0.4, -0.2) is 53.1 Å². The number of nitrogens with one attached hydrogen (secondary N) is 1. The lowest BCUT2D eigenvalue weighted by Crippen LogP contribution is -2.34. The number of rotatable bonds is 5. The molecule has 0 unspecified atom stereocenters. The van der Waals surface area contributed by atoms with Crippen molar-refractivity contribution in [2.45, 2.75) is 0 Å². The number of nitrogens with zero attached hydrogens (tertiary/aromatic N) is 1. The fraction of sp³-hybridized carbons (Fsp3) is 0.308. The predicted molar refractivity (Wildman–Crippen MR) is 77.6 cm³/mol. The van der Waals surface area contributed by atoms with Gasteiger partial charge in [-0.1, -0.05) is 0 Å². The summed E-state index contributed by atoms with van der Waals surface area (Å²) in [6.45, 7) is -0.0190. The van der Waals surface area contributed by atoms with Gasteiger partial charge in [0.1, 0.15) is 17.9 Å². The van der Waals surface area contributed by atoms with Gasteiger partial charge in [0.05, 0.1) is 18.7 Å². The summed E-state index contributed by atoms with van der Waals surface area (Å²) in [5.41, 5.74) is 0.433. The Morgan fingerprint density at radius 1 is 1.48 bits per heavy atom. The summed E-state index contributed by atoms with van der Waals surface area (Å²) >= 11 is 1.46. The average Bonchev–Trinajstić information content (AvgIpc) is 2.83. The van der Waals surface area contributed by atoms with Crippen molar-refractivity contribution >= 4 is 35.2 Å². The fourth-order valence-electron chi connectivity index (χ4n) is 1.86. The molecule has 7 nitrogen and oxygen atoms in total. The first-order valence-electron chi connectivity index (χ1n) is 6.08. The molecule has 0 radical (unpaired) electrons.